The Morgan fingerprint density at radius 3 is 2.57 bits per heavy atom. The molecule has 21 heavy (non-hydrogen) atoms. The summed E-state index contributed by atoms with van der Waals surface area (Å²) in [6, 6.07) is 4.11. The number of alkyl halides is 3. The van der Waals surface area contributed by atoms with E-state index in [9.17, 15) is 22.4 Å². The van der Waals surface area contributed by atoms with Crippen LogP contribution in [0, 0.1) is 12.7 Å². The van der Waals surface area contributed by atoms with Crippen LogP contribution in [0.2, 0.25) is 0 Å². The fourth-order valence-electron chi connectivity index (χ4n) is 1.68. The van der Waals surface area contributed by atoms with E-state index in [0.717, 1.165) is 24.4 Å². The number of hydrogen-bond acceptors (Lipinski definition) is 2. The van der Waals surface area contributed by atoms with Crippen LogP contribution < -0.4 is 5.32 Å². The minimum atomic E-state index is -4.52. The van der Waals surface area contributed by atoms with Gasteiger partial charge in [-0.3, -0.25) is 9.78 Å². The molecule has 0 unspecified atom stereocenters. The van der Waals surface area contributed by atoms with Gasteiger partial charge in [-0.1, -0.05) is 6.07 Å². The van der Waals surface area contributed by atoms with Gasteiger partial charge in [0.1, 0.15) is 0 Å². The van der Waals surface area contributed by atoms with Crippen LogP contribution in [0.15, 0.2) is 36.7 Å². The van der Waals surface area contributed by atoms with Gasteiger partial charge < -0.3 is 5.32 Å². The lowest BCUT2D eigenvalue weighted by Gasteiger charge is -2.12. The van der Waals surface area contributed by atoms with E-state index in [0.29, 0.717) is 5.56 Å². The number of aryl methyl sites for hydroxylation is 1. The molecule has 2 rings (SSSR count). The van der Waals surface area contributed by atoms with Crippen LogP contribution in [0.4, 0.5) is 23.2 Å². The molecule has 2 aromatic rings. The minimum Gasteiger partial charge on any atom is -0.322 e. The summed E-state index contributed by atoms with van der Waals surface area (Å²) >= 11 is 0. The number of aromatic nitrogens is 1. The maximum absolute atomic E-state index is 13.4. The highest BCUT2D eigenvalue weighted by Gasteiger charge is 2.31. The number of hydrogen-bond donors (Lipinski definition) is 1. The van der Waals surface area contributed by atoms with Crippen molar-refractivity contribution in [1.29, 1.82) is 0 Å². The lowest BCUT2D eigenvalue weighted by atomic mass is 10.1. The standard InChI is InChI=1S/C14H10F4N2O/c1-8-2-3-9(14(16,17)18)6-12(8)20-13(21)10-4-5-19-7-11(10)15/h2-7H,1H3,(H,20,21). The Hall–Kier alpha value is -2.44. The molecule has 0 aliphatic heterocycles. The van der Waals surface area contributed by atoms with Gasteiger partial charge in [0.15, 0.2) is 5.82 Å². The number of carbonyl (C=O) groups is 1. The van der Waals surface area contributed by atoms with E-state index >= 15 is 0 Å². The van der Waals surface area contributed by atoms with Crippen LogP contribution in [0.1, 0.15) is 21.5 Å². The molecule has 110 valence electrons. The number of pyridine rings is 1. The summed E-state index contributed by atoms with van der Waals surface area (Å²) in [4.78, 5) is 15.4. The zero-order chi connectivity index (χ0) is 15.6. The number of amides is 1. The summed E-state index contributed by atoms with van der Waals surface area (Å²) in [5.74, 6) is -1.68. The third-order valence-corrected chi connectivity index (χ3v) is 2.83. The molecule has 0 spiro atoms. The van der Waals surface area contributed by atoms with Crippen molar-refractivity contribution < 1.29 is 22.4 Å². The molecule has 0 aliphatic carbocycles. The number of benzene rings is 1. The van der Waals surface area contributed by atoms with Crippen molar-refractivity contribution in [1.82, 2.24) is 4.98 Å². The van der Waals surface area contributed by atoms with Crippen molar-refractivity contribution in [3.8, 4) is 0 Å². The summed E-state index contributed by atoms with van der Waals surface area (Å²) in [5.41, 5.74) is -0.766. The van der Waals surface area contributed by atoms with E-state index in [1.807, 2.05) is 0 Å². The molecule has 1 heterocycles. The Morgan fingerprint density at radius 2 is 1.95 bits per heavy atom. The van der Waals surface area contributed by atoms with Crippen molar-refractivity contribution in [2.24, 2.45) is 0 Å². The van der Waals surface area contributed by atoms with Crippen molar-refractivity contribution in [3.05, 3.63) is 59.2 Å². The second-order valence-corrected chi connectivity index (χ2v) is 4.34. The molecular weight excluding hydrogens is 288 g/mol. The molecule has 0 saturated carbocycles. The Kier molecular flexibility index (Phi) is 3.93. The van der Waals surface area contributed by atoms with Gasteiger partial charge in [-0.2, -0.15) is 13.2 Å². The van der Waals surface area contributed by atoms with E-state index in [4.69, 9.17) is 0 Å². The molecule has 1 aromatic heterocycles. The van der Waals surface area contributed by atoms with Gasteiger partial charge in [0.05, 0.1) is 17.3 Å². The number of halogens is 4. The zero-order valence-electron chi connectivity index (χ0n) is 10.8. The first-order valence-electron chi connectivity index (χ1n) is 5.88. The van der Waals surface area contributed by atoms with Gasteiger partial charge in [-0.15, -0.1) is 0 Å². The third-order valence-electron chi connectivity index (χ3n) is 2.83. The number of nitrogens with zero attached hydrogens (tertiary/aromatic N) is 1. The van der Waals surface area contributed by atoms with Gasteiger partial charge in [-0.25, -0.2) is 4.39 Å². The van der Waals surface area contributed by atoms with Gasteiger partial charge in [-0.05, 0) is 30.7 Å². The number of anilines is 1. The largest absolute Gasteiger partial charge is 0.416 e. The molecule has 3 nitrogen and oxygen atoms in total. The van der Waals surface area contributed by atoms with Crippen molar-refractivity contribution in [2.75, 3.05) is 5.32 Å². The summed E-state index contributed by atoms with van der Waals surface area (Å²) in [5, 5.41) is 2.27. The topological polar surface area (TPSA) is 42.0 Å². The van der Waals surface area contributed by atoms with Gasteiger partial charge in [0.25, 0.3) is 5.91 Å². The first-order valence-corrected chi connectivity index (χ1v) is 5.88. The Labute approximate surface area is 117 Å². The molecule has 1 amide bonds. The van der Waals surface area contributed by atoms with Crippen molar-refractivity contribution >= 4 is 11.6 Å². The first kappa shape index (κ1) is 15.0. The van der Waals surface area contributed by atoms with Crippen molar-refractivity contribution in [2.45, 2.75) is 13.1 Å². The molecule has 0 fully saturated rings. The van der Waals surface area contributed by atoms with Crippen LogP contribution in [0.25, 0.3) is 0 Å². The smallest absolute Gasteiger partial charge is 0.322 e. The summed E-state index contributed by atoms with van der Waals surface area (Å²) in [6.07, 6.45) is -2.44. The average Bonchev–Trinajstić information content (AvgIpc) is 2.40. The monoisotopic (exact) mass is 298 g/mol. The lowest BCUT2D eigenvalue weighted by Crippen LogP contribution is -2.15. The highest BCUT2D eigenvalue weighted by atomic mass is 19.4. The average molecular weight is 298 g/mol. The normalized spacial score (nSPS) is 11.3. The van der Waals surface area contributed by atoms with Crippen molar-refractivity contribution in [3.63, 3.8) is 0 Å². The zero-order valence-corrected chi connectivity index (χ0v) is 10.8. The molecule has 1 N–H and O–H groups in total. The van der Waals surface area contributed by atoms with E-state index in [1.165, 1.54) is 12.3 Å². The number of nitrogens with one attached hydrogen (secondary N) is 1. The molecular formula is C14H10F4N2O. The van der Waals surface area contributed by atoms with Crippen LogP contribution >= 0.6 is 0 Å². The lowest BCUT2D eigenvalue weighted by molar-refractivity contribution is -0.137. The Morgan fingerprint density at radius 1 is 1.24 bits per heavy atom. The molecule has 7 heteroatoms. The molecule has 0 bridgehead atoms. The maximum atomic E-state index is 13.4. The molecule has 0 aliphatic rings. The Bertz CT molecular complexity index is 683. The van der Waals surface area contributed by atoms with E-state index in [-0.39, 0.29) is 11.3 Å². The molecule has 0 atom stereocenters. The summed E-state index contributed by atoms with van der Waals surface area (Å²) in [7, 11) is 0. The van der Waals surface area contributed by atoms with Crippen LogP contribution in [0.5, 0.6) is 0 Å². The maximum Gasteiger partial charge on any atom is 0.416 e. The van der Waals surface area contributed by atoms with Crippen LogP contribution in [-0.4, -0.2) is 10.9 Å². The second-order valence-electron chi connectivity index (χ2n) is 4.34. The highest BCUT2D eigenvalue weighted by Crippen LogP contribution is 2.32. The van der Waals surface area contributed by atoms with E-state index in [1.54, 1.807) is 6.92 Å². The molecule has 0 radical (unpaired) electrons. The van der Waals surface area contributed by atoms with Crippen LogP contribution in [-0.2, 0) is 6.18 Å². The predicted molar refractivity (Wildman–Crippen MR) is 68.3 cm³/mol. The fourth-order valence-corrected chi connectivity index (χ4v) is 1.68. The predicted octanol–water partition coefficient (Wildman–Crippen LogP) is 3.80. The molecule has 1 aromatic carbocycles. The van der Waals surface area contributed by atoms with Gasteiger partial charge >= 0.3 is 6.18 Å². The van der Waals surface area contributed by atoms with Gasteiger partial charge in [0, 0.05) is 11.9 Å². The fraction of sp³-hybridized carbons (Fsp3) is 0.143. The summed E-state index contributed by atoms with van der Waals surface area (Å²) in [6.45, 7) is 1.54. The SMILES string of the molecule is Cc1ccc(C(F)(F)F)cc1NC(=O)c1ccncc1F. The van der Waals surface area contributed by atoms with E-state index in [2.05, 4.69) is 10.3 Å². The Balaban J connectivity index is 2.31. The quantitative estimate of drug-likeness (QED) is 0.857. The summed E-state index contributed by atoms with van der Waals surface area (Å²) < 4.78 is 51.3. The first-order chi connectivity index (χ1) is 9.79. The van der Waals surface area contributed by atoms with E-state index < -0.39 is 23.5 Å². The highest BCUT2D eigenvalue weighted by molar-refractivity contribution is 6.04. The van der Waals surface area contributed by atoms with Gasteiger partial charge in [0.2, 0.25) is 0 Å². The molecule has 0 saturated heterocycles. The number of carbonyl (C=O) groups excluding carboxylic acids is 1. The van der Waals surface area contributed by atoms with Crippen LogP contribution in [0.3, 0.4) is 0 Å². The second kappa shape index (κ2) is 5.51. The number of rotatable bonds is 2. The third kappa shape index (κ3) is 3.36. The minimum absolute atomic E-state index is 0.0222.